The maximum absolute atomic E-state index is 9.18. The van der Waals surface area contributed by atoms with Gasteiger partial charge in [0.1, 0.15) is 5.82 Å². The summed E-state index contributed by atoms with van der Waals surface area (Å²) in [4.78, 5) is 2.24. The van der Waals surface area contributed by atoms with Crippen molar-refractivity contribution in [2.24, 2.45) is 0 Å². The molecule has 1 atom stereocenters. The third-order valence-corrected chi connectivity index (χ3v) is 6.26. The molecule has 0 saturated carbocycles. The van der Waals surface area contributed by atoms with Crippen LogP contribution < -0.4 is 0 Å². The largest absolute Gasteiger partial charge is 0.295 e. The Kier molecular flexibility index (Phi) is 4.90. The van der Waals surface area contributed by atoms with Crippen LogP contribution in [-0.4, -0.2) is 26.7 Å². The molecule has 0 fully saturated rings. The SMILES string of the molecule is CN1Cc2cc(Cl)ccc2-n2c(nnc2[C@@H]2CC=C(c3cccc(C#N)c3)CC2)C1. The Morgan fingerprint density at radius 2 is 2.03 bits per heavy atom. The van der Waals surface area contributed by atoms with Gasteiger partial charge in [0, 0.05) is 17.5 Å². The second-order valence-corrected chi connectivity index (χ2v) is 8.58. The molecule has 30 heavy (non-hydrogen) atoms. The second-order valence-electron chi connectivity index (χ2n) is 8.15. The quantitative estimate of drug-likeness (QED) is 0.585. The highest BCUT2D eigenvalue weighted by Gasteiger charge is 2.28. The van der Waals surface area contributed by atoms with E-state index in [1.807, 2.05) is 30.3 Å². The van der Waals surface area contributed by atoms with Crippen LogP contribution in [0.2, 0.25) is 5.02 Å². The first-order valence-electron chi connectivity index (χ1n) is 10.2. The molecule has 3 aromatic rings. The highest BCUT2D eigenvalue weighted by Crippen LogP contribution is 2.38. The summed E-state index contributed by atoms with van der Waals surface area (Å²) in [6.45, 7) is 1.59. The van der Waals surface area contributed by atoms with Gasteiger partial charge < -0.3 is 0 Å². The zero-order chi connectivity index (χ0) is 20.7. The smallest absolute Gasteiger partial charge is 0.151 e. The summed E-state index contributed by atoms with van der Waals surface area (Å²) < 4.78 is 2.25. The van der Waals surface area contributed by atoms with Crippen molar-refractivity contribution in [1.82, 2.24) is 19.7 Å². The molecule has 2 aromatic carbocycles. The van der Waals surface area contributed by atoms with Gasteiger partial charge in [0.15, 0.2) is 5.82 Å². The molecule has 150 valence electrons. The van der Waals surface area contributed by atoms with Crippen LogP contribution in [0.1, 0.15) is 53.5 Å². The van der Waals surface area contributed by atoms with Crippen LogP contribution in [0.4, 0.5) is 0 Å². The molecule has 5 rings (SSSR count). The van der Waals surface area contributed by atoms with E-state index in [1.165, 1.54) is 11.1 Å². The van der Waals surface area contributed by atoms with Gasteiger partial charge in [-0.3, -0.25) is 9.47 Å². The van der Waals surface area contributed by atoms with Crippen molar-refractivity contribution in [2.75, 3.05) is 7.05 Å². The van der Waals surface area contributed by atoms with Crippen LogP contribution in [0.25, 0.3) is 11.3 Å². The van der Waals surface area contributed by atoms with E-state index >= 15 is 0 Å². The Labute approximate surface area is 181 Å². The lowest BCUT2D eigenvalue weighted by molar-refractivity contribution is 0.315. The number of nitrogens with zero attached hydrogens (tertiary/aromatic N) is 5. The van der Waals surface area contributed by atoms with Gasteiger partial charge >= 0.3 is 0 Å². The number of fused-ring (bicyclic) bond motifs is 3. The molecule has 0 N–H and O–H groups in total. The Hall–Kier alpha value is -2.94. The van der Waals surface area contributed by atoms with Crippen LogP contribution in [-0.2, 0) is 13.1 Å². The Morgan fingerprint density at radius 1 is 1.13 bits per heavy atom. The van der Waals surface area contributed by atoms with E-state index in [0.717, 1.165) is 60.3 Å². The van der Waals surface area contributed by atoms with Crippen molar-refractivity contribution in [1.29, 1.82) is 5.26 Å². The summed E-state index contributed by atoms with van der Waals surface area (Å²) in [5.41, 5.74) is 5.50. The van der Waals surface area contributed by atoms with E-state index in [-0.39, 0.29) is 0 Å². The van der Waals surface area contributed by atoms with E-state index in [4.69, 9.17) is 11.6 Å². The number of allylic oxidation sites excluding steroid dienone is 2. The zero-order valence-corrected chi connectivity index (χ0v) is 17.6. The van der Waals surface area contributed by atoms with Crippen LogP contribution in [0.3, 0.4) is 0 Å². The first kappa shape index (κ1) is 19.0. The summed E-state index contributed by atoms with van der Waals surface area (Å²) in [6, 6.07) is 16.2. The van der Waals surface area contributed by atoms with Gasteiger partial charge in [-0.15, -0.1) is 10.2 Å². The van der Waals surface area contributed by atoms with Crippen molar-refractivity contribution >= 4 is 17.2 Å². The predicted octanol–water partition coefficient (Wildman–Crippen LogP) is 5.09. The Balaban J connectivity index is 1.49. The molecule has 6 heteroatoms. The predicted molar refractivity (Wildman–Crippen MR) is 117 cm³/mol. The van der Waals surface area contributed by atoms with E-state index in [0.29, 0.717) is 11.5 Å². The molecular formula is C24H22ClN5. The maximum Gasteiger partial charge on any atom is 0.151 e. The van der Waals surface area contributed by atoms with Crippen molar-refractivity contribution in [3.05, 3.63) is 81.9 Å². The average molecular weight is 416 g/mol. The standard InChI is InChI=1S/C24H22ClN5/c1-29-14-20-12-21(25)9-10-22(20)30-23(15-29)27-28-24(30)18-7-5-17(6-8-18)19-4-2-3-16(11-19)13-26/h2-5,9-12,18H,6-8,14-15H2,1H3/t18-/m1/s1. The third kappa shape index (κ3) is 3.43. The zero-order valence-electron chi connectivity index (χ0n) is 16.8. The first-order valence-corrected chi connectivity index (χ1v) is 10.6. The number of benzene rings is 2. The summed E-state index contributed by atoms with van der Waals surface area (Å²) in [5, 5.41) is 19.1. The summed E-state index contributed by atoms with van der Waals surface area (Å²) in [7, 11) is 2.10. The van der Waals surface area contributed by atoms with E-state index < -0.39 is 0 Å². The molecule has 0 unspecified atom stereocenters. The van der Waals surface area contributed by atoms with E-state index in [9.17, 15) is 5.26 Å². The molecule has 0 bridgehead atoms. The highest BCUT2D eigenvalue weighted by molar-refractivity contribution is 6.30. The molecular weight excluding hydrogens is 394 g/mol. The van der Waals surface area contributed by atoms with E-state index in [1.54, 1.807) is 0 Å². The van der Waals surface area contributed by atoms with Crippen molar-refractivity contribution < 1.29 is 0 Å². The molecule has 1 aliphatic heterocycles. The fourth-order valence-electron chi connectivity index (χ4n) is 4.57. The normalized spacial score (nSPS) is 18.7. The van der Waals surface area contributed by atoms with Crippen LogP contribution in [0.15, 0.2) is 48.5 Å². The highest BCUT2D eigenvalue weighted by atomic mass is 35.5. The van der Waals surface area contributed by atoms with Crippen molar-refractivity contribution in [2.45, 2.75) is 38.3 Å². The lowest BCUT2D eigenvalue weighted by Gasteiger charge is -2.23. The molecule has 0 saturated heterocycles. The molecule has 0 spiro atoms. The molecule has 5 nitrogen and oxygen atoms in total. The average Bonchev–Trinajstić information content (AvgIpc) is 3.11. The monoisotopic (exact) mass is 415 g/mol. The maximum atomic E-state index is 9.18. The van der Waals surface area contributed by atoms with Crippen LogP contribution in [0.5, 0.6) is 0 Å². The van der Waals surface area contributed by atoms with Gasteiger partial charge in [0.05, 0.1) is 23.9 Å². The van der Waals surface area contributed by atoms with Gasteiger partial charge in [-0.2, -0.15) is 5.26 Å². The van der Waals surface area contributed by atoms with Gasteiger partial charge in [0.25, 0.3) is 0 Å². The van der Waals surface area contributed by atoms with E-state index in [2.05, 4.69) is 51.0 Å². The molecule has 1 aliphatic carbocycles. The number of hydrogen-bond donors (Lipinski definition) is 0. The van der Waals surface area contributed by atoms with Crippen LogP contribution in [0, 0.1) is 11.3 Å². The number of aromatic nitrogens is 3. The second kappa shape index (κ2) is 7.71. The number of nitriles is 1. The summed E-state index contributed by atoms with van der Waals surface area (Å²) in [6.07, 6.45) is 5.20. The van der Waals surface area contributed by atoms with Crippen molar-refractivity contribution in [3.63, 3.8) is 0 Å². The minimum Gasteiger partial charge on any atom is -0.295 e. The summed E-state index contributed by atoms with van der Waals surface area (Å²) in [5.74, 6) is 2.33. The molecule has 0 amide bonds. The molecule has 0 radical (unpaired) electrons. The minimum absolute atomic E-state index is 0.320. The van der Waals surface area contributed by atoms with Gasteiger partial charge in [-0.05, 0) is 73.3 Å². The fraction of sp³-hybridized carbons (Fsp3) is 0.292. The lowest BCUT2D eigenvalue weighted by atomic mass is 9.85. The number of halogens is 1. The summed E-state index contributed by atoms with van der Waals surface area (Å²) >= 11 is 6.28. The number of hydrogen-bond acceptors (Lipinski definition) is 4. The van der Waals surface area contributed by atoms with Crippen molar-refractivity contribution in [3.8, 4) is 11.8 Å². The topological polar surface area (TPSA) is 57.7 Å². The lowest BCUT2D eigenvalue weighted by Crippen LogP contribution is -2.16. The third-order valence-electron chi connectivity index (χ3n) is 6.03. The first-order chi connectivity index (χ1) is 14.6. The van der Waals surface area contributed by atoms with Crippen LogP contribution >= 0.6 is 11.6 Å². The number of rotatable bonds is 2. The molecule has 2 aliphatic rings. The fourth-order valence-corrected chi connectivity index (χ4v) is 4.76. The molecule has 1 aromatic heterocycles. The van der Waals surface area contributed by atoms with Gasteiger partial charge in [-0.25, -0.2) is 0 Å². The van der Waals surface area contributed by atoms with Gasteiger partial charge in [0.2, 0.25) is 0 Å². The minimum atomic E-state index is 0.320. The Morgan fingerprint density at radius 3 is 2.83 bits per heavy atom. The van der Waals surface area contributed by atoms with Gasteiger partial charge in [-0.1, -0.05) is 29.8 Å². The Bertz CT molecular complexity index is 1190. The molecule has 2 heterocycles.